The molecule has 1 aromatic rings. The number of hydrogen-bond donors (Lipinski definition) is 2. The number of carbonyl (C=O) groups is 2. The first-order valence-corrected chi connectivity index (χ1v) is 10.2. The van der Waals surface area contributed by atoms with Gasteiger partial charge in [0.1, 0.15) is 0 Å². The predicted octanol–water partition coefficient (Wildman–Crippen LogP) is 2.92. The molecule has 0 radical (unpaired) electrons. The van der Waals surface area contributed by atoms with Gasteiger partial charge < -0.3 is 10.6 Å². The first-order chi connectivity index (χ1) is 13.1. The Labute approximate surface area is 162 Å². The quantitative estimate of drug-likeness (QED) is 0.834. The smallest absolute Gasteiger partial charge is 0.238 e. The summed E-state index contributed by atoms with van der Waals surface area (Å²) in [4.78, 5) is 28.8. The fourth-order valence-corrected chi connectivity index (χ4v) is 4.24. The van der Waals surface area contributed by atoms with Crippen LogP contribution >= 0.6 is 0 Å². The Morgan fingerprint density at radius 2 is 1.63 bits per heavy atom. The van der Waals surface area contributed by atoms with Crippen LogP contribution in [0.3, 0.4) is 0 Å². The number of nitrogens with zero attached hydrogens (tertiary/aromatic N) is 2. The van der Waals surface area contributed by atoms with Gasteiger partial charge in [-0.15, -0.1) is 0 Å². The normalized spacial score (nSPS) is 20.0. The van der Waals surface area contributed by atoms with Gasteiger partial charge in [-0.25, -0.2) is 0 Å². The molecule has 0 atom stereocenters. The molecule has 0 unspecified atom stereocenters. The van der Waals surface area contributed by atoms with E-state index in [9.17, 15) is 9.59 Å². The lowest BCUT2D eigenvalue weighted by Gasteiger charge is -2.33. The van der Waals surface area contributed by atoms with Crippen LogP contribution in [0.15, 0.2) is 24.3 Å². The summed E-state index contributed by atoms with van der Waals surface area (Å²) >= 11 is 0. The Kier molecular flexibility index (Phi) is 7.24. The Morgan fingerprint density at radius 3 is 2.33 bits per heavy atom. The van der Waals surface area contributed by atoms with E-state index >= 15 is 0 Å². The van der Waals surface area contributed by atoms with Gasteiger partial charge in [0.2, 0.25) is 11.8 Å². The largest absolute Gasteiger partial charge is 0.325 e. The minimum atomic E-state index is -0.146. The van der Waals surface area contributed by atoms with Gasteiger partial charge in [-0.1, -0.05) is 31.4 Å². The minimum absolute atomic E-state index is 0.0288. The number of hydrogen-bond acceptors (Lipinski definition) is 4. The molecule has 1 saturated carbocycles. The van der Waals surface area contributed by atoms with Gasteiger partial charge in [-0.2, -0.15) is 0 Å². The molecule has 3 rings (SSSR count). The molecule has 148 valence electrons. The van der Waals surface area contributed by atoms with Crippen molar-refractivity contribution in [3.8, 4) is 0 Å². The molecule has 6 nitrogen and oxygen atoms in total. The molecule has 0 bridgehead atoms. The van der Waals surface area contributed by atoms with E-state index in [1.54, 1.807) is 6.07 Å². The van der Waals surface area contributed by atoms with Gasteiger partial charge in [0, 0.05) is 26.1 Å². The predicted molar refractivity (Wildman–Crippen MR) is 109 cm³/mol. The molecule has 2 N–H and O–H groups in total. The van der Waals surface area contributed by atoms with Gasteiger partial charge >= 0.3 is 0 Å². The number of benzene rings is 1. The fraction of sp³-hybridized carbons (Fsp3) is 0.619. The van der Waals surface area contributed by atoms with Crippen LogP contribution in [0.1, 0.15) is 45.4 Å². The Bertz CT molecular complexity index is 643. The lowest BCUT2D eigenvalue weighted by molar-refractivity contribution is -0.117. The Balaban J connectivity index is 1.50. The number of anilines is 2. The molecule has 0 aromatic heterocycles. The molecule has 1 aliphatic heterocycles. The number of amides is 2. The molecular formula is C21H32N4O2. The van der Waals surface area contributed by atoms with Crippen molar-refractivity contribution in [3.63, 3.8) is 0 Å². The summed E-state index contributed by atoms with van der Waals surface area (Å²) in [6.45, 7) is 5.97. The lowest BCUT2D eigenvalue weighted by Crippen LogP contribution is -2.40. The average molecular weight is 373 g/mol. The molecule has 1 heterocycles. The van der Waals surface area contributed by atoms with Crippen LogP contribution in [-0.4, -0.2) is 60.4 Å². The summed E-state index contributed by atoms with van der Waals surface area (Å²) in [6, 6.07) is 8.06. The second kappa shape index (κ2) is 9.85. The molecule has 2 fully saturated rings. The number of rotatable bonds is 5. The van der Waals surface area contributed by atoms with E-state index in [0.717, 1.165) is 38.6 Å². The molecule has 1 aromatic carbocycles. The Morgan fingerprint density at radius 1 is 0.926 bits per heavy atom. The molecule has 2 aliphatic rings. The minimum Gasteiger partial charge on any atom is -0.325 e. The van der Waals surface area contributed by atoms with Crippen molar-refractivity contribution in [2.45, 2.75) is 51.5 Å². The topological polar surface area (TPSA) is 64.7 Å². The molecule has 1 aliphatic carbocycles. The maximum Gasteiger partial charge on any atom is 0.238 e. The molecular weight excluding hydrogens is 340 g/mol. The second-order valence-corrected chi connectivity index (χ2v) is 7.73. The zero-order chi connectivity index (χ0) is 19.1. The third-order valence-corrected chi connectivity index (χ3v) is 5.59. The molecule has 6 heteroatoms. The van der Waals surface area contributed by atoms with E-state index in [1.165, 1.54) is 39.0 Å². The van der Waals surface area contributed by atoms with E-state index in [-0.39, 0.29) is 11.8 Å². The first kappa shape index (κ1) is 19.8. The second-order valence-electron chi connectivity index (χ2n) is 7.73. The summed E-state index contributed by atoms with van der Waals surface area (Å²) in [7, 11) is 0. The van der Waals surface area contributed by atoms with Gasteiger partial charge in [0.25, 0.3) is 0 Å². The highest BCUT2D eigenvalue weighted by atomic mass is 16.2. The number of para-hydroxylation sites is 2. The van der Waals surface area contributed by atoms with E-state index in [2.05, 4.69) is 20.4 Å². The summed E-state index contributed by atoms with van der Waals surface area (Å²) < 4.78 is 0. The van der Waals surface area contributed by atoms with Crippen molar-refractivity contribution in [3.05, 3.63) is 24.3 Å². The van der Waals surface area contributed by atoms with E-state index in [4.69, 9.17) is 0 Å². The van der Waals surface area contributed by atoms with Crippen LogP contribution in [0.25, 0.3) is 0 Å². The number of carbonyl (C=O) groups excluding carboxylic acids is 2. The highest BCUT2D eigenvalue weighted by molar-refractivity contribution is 5.99. The molecule has 1 saturated heterocycles. The monoisotopic (exact) mass is 372 g/mol. The van der Waals surface area contributed by atoms with Gasteiger partial charge in [-0.05, 0) is 44.5 Å². The van der Waals surface area contributed by atoms with Crippen molar-refractivity contribution in [1.82, 2.24) is 9.80 Å². The Hall–Kier alpha value is -1.92. The standard InChI is InChI=1S/C21H32N4O2/c1-17(26)22-19-10-5-6-11-20(19)23-21(27)16-24-12-7-13-25(15-14-24)18-8-3-2-4-9-18/h5-6,10-11,18H,2-4,7-9,12-16H2,1H3,(H,22,26)(H,23,27). The fourth-order valence-electron chi connectivity index (χ4n) is 4.24. The van der Waals surface area contributed by atoms with Gasteiger partial charge in [0.05, 0.1) is 17.9 Å². The van der Waals surface area contributed by atoms with Gasteiger partial charge in [0.15, 0.2) is 0 Å². The third-order valence-electron chi connectivity index (χ3n) is 5.59. The summed E-state index contributed by atoms with van der Waals surface area (Å²) in [5.74, 6) is -0.175. The van der Waals surface area contributed by atoms with Crippen LogP contribution in [0.4, 0.5) is 11.4 Å². The summed E-state index contributed by atoms with van der Waals surface area (Å²) in [6.07, 6.45) is 7.89. The van der Waals surface area contributed by atoms with Crippen LogP contribution in [-0.2, 0) is 9.59 Å². The molecule has 0 spiro atoms. The van der Waals surface area contributed by atoms with Crippen LogP contribution in [0, 0.1) is 0 Å². The average Bonchev–Trinajstić information content (AvgIpc) is 2.89. The van der Waals surface area contributed by atoms with E-state index in [1.807, 2.05) is 18.2 Å². The van der Waals surface area contributed by atoms with Crippen molar-refractivity contribution < 1.29 is 9.59 Å². The maximum absolute atomic E-state index is 12.5. The van der Waals surface area contributed by atoms with Crippen LogP contribution in [0.5, 0.6) is 0 Å². The highest BCUT2D eigenvalue weighted by Gasteiger charge is 2.24. The summed E-state index contributed by atoms with van der Waals surface area (Å²) in [5, 5.41) is 5.71. The first-order valence-electron chi connectivity index (χ1n) is 10.2. The van der Waals surface area contributed by atoms with E-state index < -0.39 is 0 Å². The van der Waals surface area contributed by atoms with Crippen molar-refractivity contribution in [2.24, 2.45) is 0 Å². The molecule has 2 amide bonds. The van der Waals surface area contributed by atoms with Crippen LogP contribution < -0.4 is 10.6 Å². The summed E-state index contributed by atoms with van der Waals surface area (Å²) in [5.41, 5.74) is 1.29. The molecule has 27 heavy (non-hydrogen) atoms. The van der Waals surface area contributed by atoms with Crippen molar-refractivity contribution >= 4 is 23.2 Å². The van der Waals surface area contributed by atoms with Crippen LogP contribution in [0.2, 0.25) is 0 Å². The van der Waals surface area contributed by atoms with E-state index in [0.29, 0.717) is 17.9 Å². The maximum atomic E-state index is 12.5. The third kappa shape index (κ3) is 6.04. The lowest BCUT2D eigenvalue weighted by atomic mass is 9.94. The zero-order valence-corrected chi connectivity index (χ0v) is 16.4. The van der Waals surface area contributed by atoms with Crippen molar-refractivity contribution in [1.29, 1.82) is 0 Å². The van der Waals surface area contributed by atoms with Gasteiger partial charge in [-0.3, -0.25) is 19.4 Å². The SMILES string of the molecule is CC(=O)Nc1ccccc1NC(=O)CN1CCCN(C2CCCCC2)CC1. The van der Waals surface area contributed by atoms with Crippen molar-refractivity contribution in [2.75, 3.05) is 43.4 Å². The highest BCUT2D eigenvalue weighted by Crippen LogP contribution is 2.24. The number of nitrogens with one attached hydrogen (secondary N) is 2. The zero-order valence-electron chi connectivity index (χ0n) is 16.4.